The maximum atomic E-state index is 5.49. The van der Waals surface area contributed by atoms with Crippen molar-refractivity contribution in [2.75, 3.05) is 26.7 Å². The molecule has 0 bridgehead atoms. The summed E-state index contributed by atoms with van der Waals surface area (Å²) in [4.78, 5) is 2.30. The van der Waals surface area contributed by atoms with Crippen molar-refractivity contribution in [1.29, 1.82) is 0 Å². The summed E-state index contributed by atoms with van der Waals surface area (Å²) in [7, 11) is 2.13. The number of rotatable bonds is 0. The molecule has 10 heavy (non-hydrogen) atoms. The van der Waals surface area contributed by atoms with Crippen molar-refractivity contribution in [1.82, 2.24) is 4.90 Å². The van der Waals surface area contributed by atoms with Crippen molar-refractivity contribution in [2.24, 2.45) is 0 Å². The Balaban J connectivity index is 0.000000810. The molecular formula is C7H16BrNO. The first kappa shape index (κ1) is 10.4. The Bertz CT molecular complexity index is 106. The molecule has 2 nitrogen and oxygen atoms in total. The molecule has 0 spiro atoms. The second kappa shape index (κ2) is 3.69. The van der Waals surface area contributed by atoms with E-state index in [-0.39, 0.29) is 22.6 Å². The molecule has 3 heteroatoms. The van der Waals surface area contributed by atoms with Crippen LogP contribution in [0.2, 0.25) is 0 Å². The molecule has 0 radical (unpaired) electrons. The lowest BCUT2D eigenvalue weighted by atomic mass is 10.1. The van der Waals surface area contributed by atoms with Crippen molar-refractivity contribution >= 4 is 17.0 Å². The maximum Gasteiger partial charge on any atom is 0.0753 e. The van der Waals surface area contributed by atoms with Gasteiger partial charge in [0.25, 0.3) is 0 Å². The maximum absolute atomic E-state index is 5.49. The van der Waals surface area contributed by atoms with Gasteiger partial charge in [-0.15, -0.1) is 17.0 Å². The number of hydrogen-bond acceptors (Lipinski definition) is 2. The molecule has 1 aliphatic rings. The van der Waals surface area contributed by atoms with E-state index in [0.29, 0.717) is 0 Å². The fraction of sp³-hybridized carbons (Fsp3) is 1.00. The summed E-state index contributed by atoms with van der Waals surface area (Å²) in [5.41, 5.74) is 0.0764. The molecule has 1 heterocycles. The van der Waals surface area contributed by atoms with E-state index in [1.165, 1.54) is 0 Å². The fourth-order valence-corrected chi connectivity index (χ4v) is 1.25. The number of ether oxygens (including phenoxy) is 1. The van der Waals surface area contributed by atoms with Crippen LogP contribution in [0.1, 0.15) is 13.8 Å². The van der Waals surface area contributed by atoms with Crippen LogP contribution in [-0.4, -0.2) is 37.2 Å². The minimum atomic E-state index is 0. The molecular weight excluding hydrogens is 194 g/mol. The van der Waals surface area contributed by atoms with Crippen molar-refractivity contribution < 1.29 is 4.74 Å². The zero-order valence-corrected chi connectivity index (χ0v) is 8.60. The summed E-state index contributed by atoms with van der Waals surface area (Å²) in [6.07, 6.45) is 0. The molecule has 0 unspecified atom stereocenters. The third kappa shape index (κ3) is 2.99. The lowest BCUT2D eigenvalue weighted by molar-refractivity contribution is -0.0789. The van der Waals surface area contributed by atoms with E-state index in [2.05, 4.69) is 25.8 Å². The van der Waals surface area contributed by atoms with Gasteiger partial charge in [0.05, 0.1) is 12.2 Å². The lowest BCUT2D eigenvalue weighted by Crippen LogP contribution is -2.46. The first-order valence-corrected chi connectivity index (χ1v) is 3.43. The van der Waals surface area contributed by atoms with E-state index in [0.717, 1.165) is 19.7 Å². The topological polar surface area (TPSA) is 12.5 Å². The van der Waals surface area contributed by atoms with E-state index >= 15 is 0 Å². The van der Waals surface area contributed by atoms with E-state index in [1.54, 1.807) is 0 Å². The van der Waals surface area contributed by atoms with Gasteiger partial charge in [0.2, 0.25) is 0 Å². The van der Waals surface area contributed by atoms with Crippen LogP contribution in [0.5, 0.6) is 0 Å². The number of halogens is 1. The lowest BCUT2D eigenvalue weighted by Gasteiger charge is -2.35. The molecule has 0 amide bonds. The molecule has 1 aliphatic heterocycles. The molecule has 1 rings (SSSR count). The number of nitrogens with zero attached hydrogens (tertiary/aromatic N) is 1. The van der Waals surface area contributed by atoms with Gasteiger partial charge < -0.3 is 9.64 Å². The van der Waals surface area contributed by atoms with Crippen LogP contribution in [0, 0.1) is 0 Å². The van der Waals surface area contributed by atoms with E-state index < -0.39 is 0 Å². The first-order chi connectivity index (χ1) is 4.10. The second-order valence-electron chi connectivity index (χ2n) is 3.35. The van der Waals surface area contributed by atoms with E-state index in [4.69, 9.17) is 4.74 Å². The van der Waals surface area contributed by atoms with Gasteiger partial charge in [-0.3, -0.25) is 0 Å². The fourth-order valence-electron chi connectivity index (χ4n) is 1.25. The third-order valence-electron chi connectivity index (χ3n) is 1.62. The quantitative estimate of drug-likeness (QED) is 0.597. The van der Waals surface area contributed by atoms with E-state index in [1.807, 2.05) is 0 Å². The molecule has 62 valence electrons. The number of morpholine rings is 1. The zero-order chi connectivity index (χ0) is 6.91. The summed E-state index contributed by atoms with van der Waals surface area (Å²) in [6, 6.07) is 0. The van der Waals surface area contributed by atoms with Gasteiger partial charge in [-0.1, -0.05) is 0 Å². The van der Waals surface area contributed by atoms with Gasteiger partial charge in [-0.05, 0) is 20.9 Å². The molecule has 0 aliphatic carbocycles. The summed E-state index contributed by atoms with van der Waals surface area (Å²) in [5.74, 6) is 0. The van der Waals surface area contributed by atoms with Crippen LogP contribution in [0.4, 0.5) is 0 Å². The minimum Gasteiger partial charge on any atom is -0.373 e. The predicted octanol–water partition coefficient (Wildman–Crippen LogP) is 1.30. The van der Waals surface area contributed by atoms with Gasteiger partial charge in [0, 0.05) is 13.1 Å². The van der Waals surface area contributed by atoms with Gasteiger partial charge in [0.15, 0.2) is 0 Å². The summed E-state index contributed by atoms with van der Waals surface area (Å²) in [5, 5.41) is 0. The summed E-state index contributed by atoms with van der Waals surface area (Å²) >= 11 is 0. The Labute approximate surface area is 73.3 Å². The molecule has 0 aromatic heterocycles. The normalized spacial score (nSPS) is 25.5. The van der Waals surface area contributed by atoms with Crippen molar-refractivity contribution in [3.05, 3.63) is 0 Å². The Morgan fingerprint density at radius 1 is 1.40 bits per heavy atom. The number of hydrogen-bond donors (Lipinski definition) is 0. The van der Waals surface area contributed by atoms with Crippen molar-refractivity contribution in [2.45, 2.75) is 19.4 Å². The minimum absolute atomic E-state index is 0. The zero-order valence-electron chi connectivity index (χ0n) is 6.89. The highest BCUT2D eigenvalue weighted by Gasteiger charge is 2.24. The van der Waals surface area contributed by atoms with Gasteiger partial charge in [-0.2, -0.15) is 0 Å². The van der Waals surface area contributed by atoms with Gasteiger partial charge in [0.1, 0.15) is 0 Å². The smallest absolute Gasteiger partial charge is 0.0753 e. The summed E-state index contributed by atoms with van der Waals surface area (Å²) < 4.78 is 5.49. The molecule has 1 saturated heterocycles. The average molecular weight is 210 g/mol. The predicted molar refractivity (Wildman–Crippen MR) is 47.9 cm³/mol. The SMILES string of the molecule is Br.CN1CCOC(C)(C)C1. The van der Waals surface area contributed by atoms with Crippen LogP contribution < -0.4 is 0 Å². The molecule has 0 aromatic rings. The highest BCUT2D eigenvalue weighted by Crippen LogP contribution is 2.14. The van der Waals surface area contributed by atoms with Crippen LogP contribution >= 0.6 is 17.0 Å². The molecule has 0 atom stereocenters. The standard InChI is InChI=1S/C7H15NO.BrH/c1-7(2)6-8(3)4-5-9-7;/h4-6H2,1-3H3;1H. The summed E-state index contributed by atoms with van der Waals surface area (Å²) in [6.45, 7) is 7.26. The largest absolute Gasteiger partial charge is 0.373 e. The van der Waals surface area contributed by atoms with Crippen LogP contribution in [0.15, 0.2) is 0 Å². The average Bonchev–Trinajstić information content (AvgIpc) is 1.60. The third-order valence-corrected chi connectivity index (χ3v) is 1.62. The Hall–Kier alpha value is 0.400. The van der Waals surface area contributed by atoms with Crippen LogP contribution in [-0.2, 0) is 4.74 Å². The van der Waals surface area contributed by atoms with Gasteiger partial charge in [-0.25, -0.2) is 0 Å². The van der Waals surface area contributed by atoms with E-state index in [9.17, 15) is 0 Å². The van der Waals surface area contributed by atoms with Crippen LogP contribution in [0.3, 0.4) is 0 Å². The molecule has 0 aromatic carbocycles. The monoisotopic (exact) mass is 209 g/mol. The molecule has 1 fully saturated rings. The highest BCUT2D eigenvalue weighted by atomic mass is 79.9. The first-order valence-electron chi connectivity index (χ1n) is 3.43. The Morgan fingerprint density at radius 2 is 2.00 bits per heavy atom. The Kier molecular flexibility index (Phi) is 3.84. The number of likely N-dealkylation sites (N-methyl/N-ethyl adjacent to an activating group) is 1. The van der Waals surface area contributed by atoms with Crippen molar-refractivity contribution in [3.63, 3.8) is 0 Å². The van der Waals surface area contributed by atoms with Crippen LogP contribution in [0.25, 0.3) is 0 Å². The van der Waals surface area contributed by atoms with Crippen molar-refractivity contribution in [3.8, 4) is 0 Å². The molecule has 0 N–H and O–H groups in total. The molecule has 0 saturated carbocycles. The Morgan fingerprint density at radius 3 is 2.30 bits per heavy atom. The van der Waals surface area contributed by atoms with Gasteiger partial charge >= 0.3 is 0 Å². The highest BCUT2D eigenvalue weighted by molar-refractivity contribution is 8.93. The second-order valence-corrected chi connectivity index (χ2v) is 3.35.